The number of methoxy groups -OCH3 is 2. The standard InChI is InChI=1S/C17H20N4O5S/c1-25-14-4-5-15(16(10-14)26-2)21(27(3,23)24)12-17(22)20-19-11-13-6-8-18-9-7-13/h4-11H,12H2,1-3H3,(H,20,22)/b19-11-. The van der Waals surface area contributed by atoms with Crippen molar-refractivity contribution in [1.29, 1.82) is 0 Å². The minimum absolute atomic E-state index is 0.217. The fourth-order valence-electron chi connectivity index (χ4n) is 2.17. The van der Waals surface area contributed by atoms with Crippen LogP contribution in [0.15, 0.2) is 47.8 Å². The molecule has 9 nitrogen and oxygen atoms in total. The number of amides is 1. The lowest BCUT2D eigenvalue weighted by Crippen LogP contribution is -2.39. The van der Waals surface area contributed by atoms with Gasteiger partial charge in [-0.25, -0.2) is 13.8 Å². The highest BCUT2D eigenvalue weighted by Crippen LogP contribution is 2.33. The third-order valence-electron chi connectivity index (χ3n) is 3.45. The van der Waals surface area contributed by atoms with Gasteiger partial charge in [0.05, 0.1) is 32.4 Å². The predicted molar refractivity (Wildman–Crippen MR) is 102 cm³/mol. The van der Waals surface area contributed by atoms with Crippen LogP contribution >= 0.6 is 0 Å². The van der Waals surface area contributed by atoms with E-state index in [0.717, 1.165) is 16.1 Å². The largest absolute Gasteiger partial charge is 0.497 e. The quantitative estimate of drug-likeness (QED) is 0.530. The summed E-state index contributed by atoms with van der Waals surface area (Å²) < 4.78 is 35.7. The molecule has 0 radical (unpaired) electrons. The van der Waals surface area contributed by atoms with Crippen molar-refractivity contribution in [3.8, 4) is 11.5 Å². The van der Waals surface area contributed by atoms with Crippen molar-refractivity contribution in [1.82, 2.24) is 10.4 Å². The molecule has 0 fully saturated rings. The van der Waals surface area contributed by atoms with E-state index in [1.165, 1.54) is 32.6 Å². The first-order valence-electron chi connectivity index (χ1n) is 7.77. The summed E-state index contributed by atoms with van der Waals surface area (Å²) in [7, 11) is -0.867. The zero-order valence-electron chi connectivity index (χ0n) is 15.1. The topological polar surface area (TPSA) is 110 Å². The van der Waals surface area contributed by atoms with Crippen molar-refractivity contribution >= 4 is 27.8 Å². The predicted octanol–water partition coefficient (Wildman–Crippen LogP) is 1.02. The molecule has 0 saturated carbocycles. The maximum Gasteiger partial charge on any atom is 0.260 e. The Bertz CT molecular complexity index is 916. The van der Waals surface area contributed by atoms with E-state index in [-0.39, 0.29) is 11.4 Å². The number of nitrogens with zero attached hydrogens (tertiary/aromatic N) is 3. The van der Waals surface area contributed by atoms with Gasteiger partial charge in [-0.05, 0) is 29.8 Å². The minimum Gasteiger partial charge on any atom is -0.497 e. The SMILES string of the molecule is COc1ccc(N(CC(=O)N/N=C\c2ccncc2)S(C)(=O)=O)c(OC)c1. The van der Waals surface area contributed by atoms with Gasteiger partial charge >= 0.3 is 0 Å². The highest BCUT2D eigenvalue weighted by molar-refractivity contribution is 7.92. The molecule has 1 N–H and O–H groups in total. The number of sulfonamides is 1. The lowest BCUT2D eigenvalue weighted by Gasteiger charge is -2.23. The fraction of sp³-hybridized carbons (Fsp3) is 0.235. The van der Waals surface area contributed by atoms with Gasteiger partial charge in [-0.2, -0.15) is 5.10 Å². The Labute approximate surface area is 157 Å². The van der Waals surface area contributed by atoms with Crippen LogP contribution in [-0.4, -0.2) is 52.5 Å². The van der Waals surface area contributed by atoms with Gasteiger partial charge in [0.1, 0.15) is 18.0 Å². The molecule has 10 heteroatoms. The number of benzene rings is 1. The van der Waals surface area contributed by atoms with Gasteiger partial charge in [0.25, 0.3) is 5.91 Å². The molecule has 1 aromatic carbocycles. The lowest BCUT2D eigenvalue weighted by molar-refractivity contribution is -0.119. The molecular weight excluding hydrogens is 372 g/mol. The lowest BCUT2D eigenvalue weighted by atomic mass is 10.2. The van der Waals surface area contributed by atoms with Crippen LogP contribution in [0.3, 0.4) is 0 Å². The number of rotatable bonds is 8. The summed E-state index contributed by atoms with van der Waals surface area (Å²) in [5, 5.41) is 3.82. The Hall–Kier alpha value is -3.14. The van der Waals surface area contributed by atoms with Crippen LogP contribution in [-0.2, 0) is 14.8 Å². The summed E-state index contributed by atoms with van der Waals surface area (Å²) in [4.78, 5) is 16.1. The molecule has 27 heavy (non-hydrogen) atoms. The smallest absolute Gasteiger partial charge is 0.260 e. The highest BCUT2D eigenvalue weighted by Gasteiger charge is 2.24. The molecule has 1 heterocycles. The van der Waals surface area contributed by atoms with Crippen LogP contribution in [0.25, 0.3) is 0 Å². The molecule has 0 spiro atoms. The van der Waals surface area contributed by atoms with E-state index >= 15 is 0 Å². The zero-order valence-corrected chi connectivity index (χ0v) is 15.9. The minimum atomic E-state index is -3.75. The Kier molecular flexibility index (Phi) is 6.72. The highest BCUT2D eigenvalue weighted by atomic mass is 32.2. The van der Waals surface area contributed by atoms with E-state index in [2.05, 4.69) is 15.5 Å². The number of aromatic nitrogens is 1. The number of hydrogen-bond acceptors (Lipinski definition) is 7. The van der Waals surface area contributed by atoms with Gasteiger partial charge < -0.3 is 9.47 Å². The number of nitrogens with one attached hydrogen (secondary N) is 1. The summed E-state index contributed by atoms with van der Waals surface area (Å²) in [5.41, 5.74) is 3.26. The van der Waals surface area contributed by atoms with E-state index in [4.69, 9.17) is 9.47 Å². The molecule has 0 atom stereocenters. The third-order valence-corrected chi connectivity index (χ3v) is 4.58. The second kappa shape index (κ2) is 8.99. The third kappa shape index (κ3) is 5.68. The average Bonchev–Trinajstić information content (AvgIpc) is 2.65. The van der Waals surface area contributed by atoms with Crippen molar-refractivity contribution in [2.45, 2.75) is 0 Å². The molecule has 0 unspecified atom stereocenters. The number of carbonyl (C=O) groups is 1. The number of hydrazone groups is 1. The molecule has 0 aliphatic carbocycles. The molecule has 144 valence electrons. The molecule has 0 saturated heterocycles. The Morgan fingerprint density at radius 1 is 1.22 bits per heavy atom. The summed E-state index contributed by atoms with van der Waals surface area (Å²) in [5.74, 6) is 0.145. The first-order chi connectivity index (χ1) is 12.8. The molecule has 0 bridgehead atoms. The zero-order chi connectivity index (χ0) is 19.9. The summed E-state index contributed by atoms with van der Waals surface area (Å²) >= 11 is 0. The van der Waals surface area contributed by atoms with Gasteiger partial charge in [0.2, 0.25) is 10.0 Å². The maximum absolute atomic E-state index is 12.2. The van der Waals surface area contributed by atoms with Crippen LogP contribution in [0.5, 0.6) is 11.5 Å². The Balaban J connectivity index is 2.18. The van der Waals surface area contributed by atoms with Crippen LogP contribution in [0.4, 0.5) is 5.69 Å². The van der Waals surface area contributed by atoms with Crippen LogP contribution in [0, 0.1) is 0 Å². The number of ether oxygens (including phenoxy) is 2. The Morgan fingerprint density at radius 3 is 2.52 bits per heavy atom. The molecule has 1 aromatic heterocycles. The number of anilines is 1. The van der Waals surface area contributed by atoms with E-state index in [1.807, 2.05) is 0 Å². The first-order valence-corrected chi connectivity index (χ1v) is 9.61. The van der Waals surface area contributed by atoms with Crippen molar-refractivity contribution in [2.24, 2.45) is 5.10 Å². The number of carbonyl (C=O) groups excluding carboxylic acids is 1. The normalized spacial score (nSPS) is 11.2. The van der Waals surface area contributed by atoms with Crippen molar-refractivity contribution in [3.63, 3.8) is 0 Å². The Morgan fingerprint density at radius 2 is 1.93 bits per heavy atom. The van der Waals surface area contributed by atoms with E-state index in [9.17, 15) is 13.2 Å². The molecule has 1 amide bonds. The van der Waals surface area contributed by atoms with Crippen molar-refractivity contribution in [3.05, 3.63) is 48.3 Å². The first kappa shape index (κ1) is 20.2. The second-order valence-corrected chi connectivity index (χ2v) is 7.29. The van der Waals surface area contributed by atoms with Gasteiger partial charge in [-0.3, -0.25) is 14.1 Å². The average molecular weight is 392 g/mol. The van der Waals surface area contributed by atoms with E-state index in [0.29, 0.717) is 5.75 Å². The van der Waals surface area contributed by atoms with Gasteiger partial charge in [-0.1, -0.05) is 0 Å². The fourth-order valence-corrected chi connectivity index (χ4v) is 3.03. The van der Waals surface area contributed by atoms with Crippen molar-refractivity contribution < 1.29 is 22.7 Å². The van der Waals surface area contributed by atoms with Crippen LogP contribution in [0.2, 0.25) is 0 Å². The molecule has 0 aliphatic heterocycles. The van der Waals surface area contributed by atoms with Crippen LogP contribution in [0.1, 0.15) is 5.56 Å². The number of hydrogen-bond donors (Lipinski definition) is 1. The van der Waals surface area contributed by atoms with Gasteiger partial charge in [0.15, 0.2) is 0 Å². The summed E-state index contributed by atoms with van der Waals surface area (Å²) in [6.07, 6.45) is 5.61. The maximum atomic E-state index is 12.2. The van der Waals surface area contributed by atoms with E-state index in [1.54, 1.807) is 30.6 Å². The second-order valence-electron chi connectivity index (χ2n) is 5.38. The van der Waals surface area contributed by atoms with Gasteiger partial charge in [0, 0.05) is 18.5 Å². The van der Waals surface area contributed by atoms with Crippen LogP contribution < -0.4 is 19.2 Å². The number of pyridine rings is 1. The van der Waals surface area contributed by atoms with Gasteiger partial charge in [-0.15, -0.1) is 0 Å². The molecule has 2 rings (SSSR count). The molecule has 2 aromatic rings. The van der Waals surface area contributed by atoms with Crippen molar-refractivity contribution in [2.75, 3.05) is 31.3 Å². The van der Waals surface area contributed by atoms with E-state index < -0.39 is 22.5 Å². The molecular formula is C17H20N4O5S. The summed E-state index contributed by atoms with van der Waals surface area (Å²) in [6, 6.07) is 8.04. The molecule has 0 aliphatic rings. The monoisotopic (exact) mass is 392 g/mol. The summed E-state index contributed by atoms with van der Waals surface area (Å²) in [6.45, 7) is -0.463.